The van der Waals surface area contributed by atoms with Crippen LogP contribution in [0.3, 0.4) is 0 Å². The summed E-state index contributed by atoms with van der Waals surface area (Å²) >= 11 is 0. The van der Waals surface area contributed by atoms with Crippen molar-refractivity contribution >= 4 is 0 Å². The molecule has 0 heterocycles. The van der Waals surface area contributed by atoms with E-state index in [9.17, 15) is 0 Å². The van der Waals surface area contributed by atoms with E-state index >= 15 is 0 Å². The van der Waals surface area contributed by atoms with Gasteiger partial charge in [-0.05, 0) is 6.92 Å². The molecule has 0 aliphatic carbocycles. The summed E-state index contributed by atoms with van der Waals surface area (Å²) in [4.78, 5) is 0. The number of hydrogen-bond donors (Lipinski definition) is 1. The molecule has 0 amide bonds. The van der Waals surface area contributed by atoms with Gasteiger partial charge in [-0.1, -0.05) is 0 Å². The second-order valence-electron chi connectivity index (χ2n) is 0.316. The standard InChI is InChI=1S/C2H6O.Ru/c1-2-3;/h3H,2H2,1H3;/q;+2. The number of aliphatic hydroxyl groups is 1. The first-order valence-electron chi connectivity index (χ1n) is 1.02. The first-order valence-corrected chi connectivity index (χ1v) is 1.02. The second kappa shape index (κ2) is 9.54. The SMILES string of the molecule is CCO.[Ru+2]. The fourth-order valence-corrected chi connectivity index (χ4v) is 0. The Morgan fingerprint density at radius 2 is 1.75 bits per heavy atom. The zero-order chi connectivity index (χ0) is 2.71. The van der Waals surface area contributed by atoms with Crippen molar-refractivity contribution in [2.24, 2.45) is 0 Å². The minimum Gasteiger partial charge on any atom is -0.397 e. The van der Waals surface area contributed by atoms with Crippen LogP contribution in [0.1, 0.15) is 6.92 Å². The van der Waals surface area contributed by atoms with Crippen LogP contribution in [0.25, 0.3) is 0 Å². The molecule has 0 aliphatic rings. The number of aliphatic hydroxyl groups excluding tert-OH is 1. The molecule has 0 saturated heterocycles. The number of hydrogen-bond acceptors (Lipinski definition) is 1. The third kappa shape index (κ3) is 19.0. The van der Waals surface area contributed by atoms with E-state index in [1.54, 1.807) is 6.92 Å². The molecule has 4 heavy (non-hydrogen) atoms. The van der Waals surface area contributed by atoms with Gasteiger partial charge in [-0.25, -0.2) is 0 Å². The van der Waals surface area contributed by atoms with Crippen LogP contribution in [0.2, 0.25) is 0 Å². The summed E-state index contributed by atoms with van der Waals surface area (Å²) < 4.78 is 0. The molecule has 0 aromatic carbocycles. The Morgan fingerprint density at radius 3 is 1.75 bits per heavy atom. The van der Waals surface area contributed by atoms with Crippen LogP contribution in [0.5, 0.6) is 0 Å². The van der Waals surface area contributed by atoms with Gasteiger partial charge in [-0.15, -0.1) is 0 Å². The van der Waals surface area contributed by atoms with Crippen molar-refractivity contribution in [3.8, 4) is 0 Å². The molecule has 0 aliphatic heterocycles. The van der Waals surface area contributed by atoms with Crippen LogP contribution >= 0.6 is 0 Å². The molecule has 26 valence electrons. The smallest absolute Gasteiger partial charge is 0.397 e. The molecular weight excluding hydrogens is 141 g/mol. The van der Waals surface area contributed by atoms with E-state index in [1.165, 1.54) is 0 Å². The molecule has 0 spiro atoms. The molecule has 0 rings (SSSR count). The Kier molecular flexibility index (Phi) is 21.0. The summed E-state index contributed by atoms with van der Waals surface area (Å²) in [6.07, 6.45) is 0. The molecular formula is C2H6ORu+2. The van der Waals surface area contributed by atoms with E-state index in [1.807, 2.05) is 0 Å². The summed E-state index contributed by atoms with van der Waals surface area (Å²) in [5.41, 5.74) is 0. The van der Waals surface area contributed by atoms with E-state index in [-0.39, 0.29) is 26.1 Å². The van der Waals surface area contributed by atoms with Gasteiger partial charge in [0.15, 0.2) is 0 Å². The third-order valence-corrected chi connectivity index (χ3v) is 0. The van der Waals surface area contributed by atoms with Crippen molar-refractivity contribution in [1.82, 2.24) is 0 Å². The molecule has 0 aromatic rings. The van der Waals surface area contributed by atoms with Crippen LogP contribution < -0.4 is 0 Å². The Balaban J connectivity index is 0. The monoisotopic (exact) mass is 148 g/mol. The van der Waals surface area contributed by atoms with Gasteiger partial charge in [-0.3, -0.25) is 0 Å². The number of rotatable bonds is 0. The van der Waals surface area contributed by atoms with Crippen molar-refractivity contribution in [1.29, 1.82) is 0 Å². The quantitative estimate of drug-likeness (QED) is 0.478. The zero-order valence-electron chi connectivity index (χ0n) is 2.51. The van der Waals surface area contributed by atoms with Crippen molar-refractivity contribution < 1.29 is 24.6 Å². The molecule has 0 fully saturated rings. The molecule has 0 saturated carbocycles. The first kappa shape index (κ1) is 8.82. The average Bonchev–Trinajstić information content (AvgIpc) is 0.918. The van der Waals surface area contributed by atoms with Crippen molar-refractivity contribution in [2.45, 2.75) is 6.92 Å². The minimum absolute atomic E-state index is 0. The third-order valence-electron chi connectivity index (χ3n) is 0. The summed E-state index contributed by atoms with van der Waals surface area (Å²) in [6.45, 7) is 1.93. The Bertz CT molecular complexity index is 6.00. The van der Waals surface area contributed by atoms with Gasteiger partial charge in [0.2, 0.25) is 0 Å². The normalized spacial score (nSPS) is 4.50. The molecule has 0 aromatic heterocycles. The van der Waals surface area contributed by atoms with Gasteiger partial charge in [0.1, 0.15) is 0 Å². The summed E-state index contributed by atoms with van der Waals surface area (Å²) in [6, 6.07) is 0. The maximum atomic E-state index is 7.57. The topological polar surface area (TPSA) is 20.2 Å². The van der Waals surface area contributed by atoms with Crippen LogP contribution in [-0.4, -0.2) is 11.7 Å². The van der Waals surface area contributed by atoms with Gasteiger partial charge in [-0.2, -0.15) is 0 Å². The van der Waals surface area contributed by atoms with Crippen molar-refractivity contribution in [3.63, 3.8) is 0 Å². The Morgan fingerprint density at radius 1 is 1.75 bits per heavy atom. The fourth-order valence-electron chi connectivity index (χ4n) is 0. The van der Waals surface area contributed by atoms with E-state index in [0.29, 0.717) is 0 Å². The van der Waals surface area contributed by atoms with Gasteiger partial charge in [0.25, 0.3) is 0 Å². The molecule has 0 unspecified atom stereocenters. The van der Waals surface area contributed by atoms with E-state index in [4.69, 9.17) is 5.11 Å². The van der Waals surface area contributed by atoms with Crippen LogP contribution in [0.4, 0.5) is 0 Å². The maximum Gasteiger partial charge on any atom is 2.00 e. The second-order valence-corrected chi connectivity index (χ2v) is 0.316. The largest absolute Gasteiger partial charge is 2.00 e. The van der Waals surface area contributed by atoms with Gasteiger partial charge in [0.05, 0.1) is 0 Å². The molecule has 0 bridgehead atoms. The van der Waals surface area contributed by atoms with E-state index < -0.39 is 0 Å². The summed E-state index contributed by atoms with van der Waals surface area (Å²) in [5, 5.41) is 7.57. The Hall–Kier alpha value is 0.583. The summed E-state index contributed by atoms with van der Waals surface area (Å²) in [5.74, 6) is 0. The zero-order valence-corrected chi connectivity index (χ0v) is 4.25. The van der Waals surface area contributed by atoms with Crippen LogP contribution in [0.15, 0.2) is 0 Å². The van der Waals surface area contributed by atoms with Gasteiger partial charge >= 0.3 is 19.5 Å². The Labute approximate surface area is 38.8 Å². The van der Waals surface area contributed by atoms with Crippen molar-refractivity contribution in [2.75, 3.05) is 6.61 Å². The predicted octanol–water partition coefficient (Wildman–Crippen LogP) is -0.00390. The minimum atomic E-state index is 0. The van der Waals surface area contributed by atoms with Gasteiger partial charge < -0.3 is 5.11 Å². The fraction of sp³-hybridized carbons (Fsp3) is 1.00. The first-order chi connectivity index (χ1) is 1.41. The maximum absolute atomic E-state index is 7.57. The van der Waals surface area contributed by atoms with Gasteiger partial charge in [0, 0.05) is 6.61 Å². The van der Waals surface area contributed by atoms with Crippen LogP contribution in [0, 0.1) is 0 Å². The van der Waals surface area contributed by atoms with Crippen LogP contribution in [-0.2, 0) is 19.5 Å². The van der Waals surface area contributed by atoms with Crippen molar-refractivity contribution in [3.05, 3.63) is 0 Å². The van der Waals surface area contributed by atoms with E-state index in [2.05, 4.69) is 0 Å². The molecule has 1 nitrogen and oxygen atoms in total. The van der Waals surface area contributed by atoms with E-state index in [0.717, 1.165) is 0 Å². The molecule has 0 atom stereocenters. The average molecular weight is 147 g/mol. The molecule has 2 heteroatoms. The summed E-state index contributed by atoms with van der Waals surface area (Å²) in [7, 11) is 0. The molecule has 1 N–H and O–H groups in total. The predicted molar refractivity (Wildman–Crippen MR) is 12.8 cm³/mol. The molecule has 0 radical (unpaired) electrons.